The van der Waals surface area contributed by atoms with Gasteiger partial charge in [0.15, 0.2) is 4.80 Å². The van der Waals surface area contributed by atoms with Gasteiger partial charge in [0.2, 0.25) is 5.91 Å². The van der Waals surface area contributed by atoms with Crippen molar-refractivity contribution >= 4 is 45.1 Å². The monoisotopic (exact) mass is 423 g/mol. The van der Waals surface area contributed by atoms with Crippen LogP contribution in [0.3, 0.4) is 0 Å². The summed E-state index contributed by atoms with van der Waals surface area (Å²) in [5, 5.41) is 0. The van der Waals surface area contributed by atoms with E-state index in [4.69, 9.17) is 9.47 Å². The molecule has 152 valence electrons. The molecular formula is C19H25N3O4S2. The van der Waals surface area contributed by atoms with Gasteiger partial charge < -0.3 is 18.9 Å². The summed E-state index contributed by atoms with van der Waals surface area (Å²) in [6, 6.07) is 6.20. The van der Waals surface area contributed by atoms with Crippen molar-refractivity contribution in [3.63, 3.8) is 0 Å². The summed E-state index contributed by atoms with van der Waals surface area (Å²) < 4.78 is 13.6. The van der Waals surface area contributed by atoms with E-state index in [1.54, 1.807) is 12.0 Å². The van der Waals surface area contributed by atoms with Gasteiger partial charge in [0.05, 0.1) is 41.5 Å². The van der Waals surface area contributed by atoms with Crippen LogP contribution in [0.15, 0.2) is 23.2 Å². The van der Waals surface area contributed by atoms with E-state index in [1.165, 1.54) is 28.7 Å². The van der Waals surface area contributed by atoms with E-state index < -0.39 is 0 Å². The largest absolute Gasteiger partial charge is 0.383 e. The highest BCUT2D eigenvalue weighted by Crippen LogP contribution is 2.19. The average Bonchev–Trinajstić information content (AvgIpc) is 3.02. The number of aryl methyl sites for hydroxylation is 1. The first-order chi connectivity index (χ1) is 13.6. The van der Waals surface area contributed by atoms with Crippen molar-refractivity contribution in [3.05, 3.63) is 28.6 Å². The molecule has 1 aromatic heterocycles. The maximum absolute atomic E-state index is 12.4. The molecule has 7 nitrogen and oxygen atoms in total. The first-order valence-electron chi connectivity index (χ1n) is 9.18. The lowest BCUT2D eigenvalue weighted by molar-refractivity contribution is -0.132. The minimum Gasteiger partial charge on any atom is -0.383 e. The molecule has 0 bridgehead atoms. The number of hydrogen-bond donors (Lipinski definition) is 0. The van der Waals surface area contributed by atoms with Gasteiger partial charge in [0.25, 0.3) is 5.91 Å². The third-order valence-electron chi connectivity index (χ3n) is 4.39. The first-order valence-corrected chi connectivity index (χ1v) is 11.2. The van der Waals surface area contributed by atoms with E-state index in [0.29, 0.717) is 44.3 Å². The fraction of sp³-hybridized carbons (Fsp3) is 0.526. The Hall–Kier alpha value is -1.68. The number of rotatable bonds is 7. The van der Waals surface area contributed by atoms with Crippen LogP contribution in [-0.4, -0.2) is 72.8 Å². The van der Waals surface area contributed by atoms with Gasteiger partial charge in [-0.2, -0.15) is 4.99 Å². The number of hydrogen-bond acceptors (Lipinski definition) is 6. The normalized spacial score (nSPS) is 15.4. The first kappa shape index (κ1) is 21.0. The summed E-state index contributed by atoms with van der Waals surface area (Å²) in [5.41, 5.74) is 2.22. The smallest absolute Gasteiger partial charge is 0.258 e. The van der Waals surface area contributed by atoms with Gasteiger partial charge in [0.1, 0.15) is 0 Å². The third kappa shape index (κ3) is 5.44. The van der Waals surface area contributed by atoms with Crippen LogP contribution in [-0.2, 0) is 25.6 Å². The number of methoxy groups -OCH3 is 1. The minimum absolute atomic E-state index is 0.0496. The summed E-state index contributed by atoms with van der Waals surface area (Å²) in [6.07, 6.45) is 0. The summed E-state index contributed by atoms with van der Waals surface area (Å²) >= 11 is 2.81. The number of benzene rings is 1. The maximum Gasteiger partial charge on any atom is 0.258 e. The summed E-state index contributed by atoms with van der Waals surface area (Å²) in [7, 11) is 1.66. The molecule has 0 unspecified atom stereocenters. The van der Waals surface area contributed by atoms with Crippen molar-refractivity contribution in [1.29, 1.82) is 0 Å². The Morgan fingerprint density at radius 3 is 2.82 bits per heavy atom. The molecule has 1 saturated heterocycles. The number of aromatic nitrogens is 1. The van der Waals surface area contributed by atoms with E-state index in [-0.39, 0.29) is 23.3 Å². The Kier molecular flexibility index (Phi) is 7.66. The highest BCUT2D eigenvalue weighted by atomic mass is 32.2. The lowest BCUT2D eigenvalue weighted by atomic mass is 10.2. The molecule has 28 heavy (non-hydrogen) atoms. The molecule has 0 N–H and O–H groups in total. The molecule has 0 saturated carbocycles. The van der Waals surface area contributed by atoms with Gasteiger partial charge in [-0.1, -0.05) is 17.4 Å². The van der Waals surface area contributed by atoms with Crippen molar-refractivity contribution in [2.45, 2.75) is 13.5 Å². The van der Waals surface area contributed by atoms with E-state index in [1.807, 2.05) is 11.5 Å². The average molecular weight is 424 g/mol. The standard InChI is InChI=1S/C19H25N3O4S2/c1-14-3-4-15-16(11-14)28-19(22(15)7-8-25-2)20-17(23)12-27-13-18(24)21-5-9-26-10-6-21/h3-4,11H,5-10,12-13H2,1-2H3. The Morgan fingerprint density at radius 1 is 1.29 bits per heavy atom. The Morgan fingerprint density at radius 2 is 2.07 bits per heavy atom. The molecule has 1 aliphatic heterocycles. The fourth-order valence-corrected chi connectivity index (χ4v) is 4.80. The van der Waals surface area contributed by atoms with Crippen LogP contribution in [0.25, 0.3) is 10.2 Å². The number of ether oxygens (including phenoxy) is 2. The van der Waals surface area contributed by atoms with Crippen LogP contribution >= 0.6 is 23.1 Å². The highest BCUT2D eigenvalue weighted by molar-refractivity contribution is 8.00. The van der Waals surface area contributed by atoms with E-state index in [0.717, 1.165) is 10.2 Å². The van der Waals surface area contributed by atoms with Gasteiger partial charge in [-0.05, 0) is 24.6 Å². The quantitative estimate of drug-likeness (QED) is 0.678. The van der Waals surface area contributed by atoms with Crippen LogP contribution in [0, 0.1) is 6.92 Å². The predicted molar refractivity (Wildman–Crippen MR) is 112 cm³/mol. The number of carbonyl (C=O) groups excluding carboxylic acids is 2. The number of carbonyl (C=O) groups is 2. The van der Waals surface area contributed by atoms with Crippen molar-refractivity contribution in [3.8, 4) is 0 Å². The van der Waals surface area contributed by atoms with E-state index in [9.17, 15) is 9.59 Å². The predicted octanol–water partition coefficient (Wildman–Crippen LogP) is 1.68. The number of amides is 2. The minimum atomic E-state index is -0.228. The summed E-state index contributed by atoms with van der Waals surface area (Å²) in [4.78, 5) is 31.3. The number of morpholine rings is 1. The molecule has 1 aromatic carbocycles. The van der Waals surface area contributed by atoms with Gasteiger partial charge in [-0.25, -0.2) is 0 Å². The van der Waals surface area contributed by atoms with Crippen molar-refractivity contribution in [2.24, 2.45) is 4.99 Å². The van der Waals surface area contributed by atoms with Gasteiger partial charge in [0, 0.05) is 26.7 Å². The van der Waals surface area contributed by atoms with Crippen molar-refractivity contribution in [2.75, 3.05) is 51.5 Å². The molecular weight excluding hydrogens is 398 g/mol. The molecule has 0 atom stereocenters. The van der Waals surface area contributed by atoms with Crippen molar-refractivity contribution < 1.29 is 19.1 Å². The summed E-state index contributed by atoms with van der Waals surface area (Å²) in [5.74, 6) is 0.298. The van der Waals surface area contributed by atoms with Crippen LogP contribution in [0.5, 0.6) is 0 Å². The third-order valence-corrected chi connectivity index (χ3v) is 6.34. The number of thioether (sulfide) groups is 1. The second-order valence-electron chi connectivity index (χ2n) is 6.49. The van der Waals surface area contributed by atoms with E-state index >= 15 is 0 Å². The zero-order chi connectivity index (χ0) is 19.9. The second-order valence-corrected chi connectivity index (χ2v) is 8.49. The number of fused-ring (bicyclic) bond motifs is 1. The maximum atomic E-state index is 12.4. The number of nitrogens with zero attached hydrogens (tertiary/aromatic N) is 3. The van der Waals surface area contributed by atoms with Crippen LogP contribution < -0.4 is 4.80 Å². The SMILES string of the molecule is COCCn1c(=NC(=O)CSCC(=O)N2CCOCC2)sc2cc(C)ccc21. The lowest BCUT2D eigenvalue weighted by Crippen LogP contribution is -2.41. The zero-order valence-corrected chi connectivity index (χ0v) is 17.8. The molecule has 2 aromatic rings. The zero-order valence-electron chi connectivity index (χ0n) is 16.2. The molecule has 0 aliphatic carbocycles. The highest BCUT2D eigenvalue weighted by Gasteiger charge is 2.17. The van der Waals surface area contributed by atoms with Crippen LogP contribution in [0.2, 0.25) is 0 Å². The molecule has 2 amide bonds. The molecule has 3 rings (SSSR count). The molecule has 1 fully saturated rings. The lowest BCUT2D eigenvalue weighted by Gasteiger charge is -2.26. The topological polar surface area (TPSA) is 73.1 Å². The number of thiazole rings is 1. The molecule has 0 radical (unpaired) electrons. The molecule has 2 heterocycles. The van der Waals surface area contributed by atoms with Crippen LogP contribution in [0.4, 0.5) is 0 Å². The Labute approximate surface area is 172 Å². The Bertz CT molecular complexity index is 900. The molecule has 1 aliphatic rings. The van der Waals surface area contributed by atoms with Crippen LogP contribution in [0.1, 0.15) is 5.56 Å². The molecule has 0 spiro atoms. The van der Waals surface area contributed by atoms with E-state index in [2.05, 4.69) is 23.2 Å². The fourth-order valence-electron chi connectivity index (χ4n) is 2.93. The second kappa shape index (κ2) is 10.2. The van der Waals surface area contributed by atoms with Gasteiger partial charge in [-0.15, -0.1) is 11.8 Å². The Balaban J connectivity index is 1.66. The van der Waals surface area contributed by atoms with Crippen molar-refractivity contribution in [1.82, 2.24) is 9.47 Å². The van der Waals surface area contributed by atoms with Gasteiger partial charge in [-0.3, -0.25) is 9.59 Å². The molecule has 9 heteroatoms. The van der Waals surface area contributed by atoms with Gasteiger partial charge >= 0.3 is 0 Å². The summed E-state index contributed by atoms with van der Waals surface area (Å²) in [6.45, 7) is 5.63.